The van der Waals surface area contributed by atoms with Gasteiger partial charge >= 0.3 is 0 Å². The molecule has 0 radical (unpaired) electrons. The minimum atomic E-state index is 0.152. The first-order valence-corrected chi connectivity index (χ1v) is 17.0. The first kappa shape index (κ1) is 27.8. The van der Waals surface area contributed by atoms with Crippen molar-refractivity contribution in [1.29, 1.82) is 0 Å². The number of anilines is 2. The van der Waals surface area contributed by atoms with Crippen molar-refractivity contribution in [3.8, 4) is 16.8 Å². The van der Waals surface area contributed by atoms with Crippen LogP contribution in [0.3, 0.4) is 0 Å². The predicted octanol–water partition coefficient (Wildman–Crippen LogP) is 10.5. The van der Waals surface area contributed by atoms with Gasteiger partial charge in [-0.3, -0.25) is 0 Å². The molecule has 9 aromatic rings. The zero-order valence-corrected chi connectivity index (χ0v) is 26.8. The topological polar surface area (TPSA) is 21.3 Å². The van der Waals surface area contributed by atoms with E-state index in [0.29, 0.717) is 0 Å². The summed E-state index contributed by atoms with van der Waals surface area (Å²) in [6.45, 7) is 0. The van der Waals surface area contributed by atoms with Crippen molar-refractivity contribution in [3.05, 3.63) is 174 Å². The molecule has 7 aromatic carbocycles. The van der Waals surface area contributed by atoms with Crippen LogP contribution in [0.15, 0.2) is 168 Å². The Morgan fingerprint density at radius 3 is 2.06 bits per heavy atom. The number of fused-ring (bicyclic) bond motifs is 8. The van der Waals surface area contributed by atoms with Gasteiger partial charge in [0, 0.05) is 43.8 Å². The van der Waals surface area contributed by atoms with Crippen molar-refractivity contribution in [2.75, 3.05) is 4.90 Å². The lowest BCUT2D eigenvalue weighted by molar-refractivity contribution is 0.669. The van der Waals surface area contributed by atoms with Gasteiger partial charge in [0.15, 0.2) is 0 Å². The highest BCUT2D eigenvalue weighted by Crippen LogP contribution is 2.37. The molecule has 0 bridgehead atoms. The van der Waals surface area contributed by atoms with Crippen LogP contribution in [0.1, 0.15) is 6.42 Å². The molecule has 0 aliphatic heterocycles. The highest BCUT2D eigenvalue weighted by molar-refractivity contribution is 6.19. The minimum Gasteiger partial charge on any atom is -0.456 e. The van der Waals surface area contributed by atoms with Gasteiger partial charge in [0.05, 0.1) is 11.6 Å². The normalized spacial score (nSPS) is 14.2. The van der Waals surface area contributed by atoms with E-state index in [1.165, 1.54) is 65.8 Å². The van der Waals surface area contributed by atoms with E-state index in [0.717, 1.165) is 23.0 Å². The first-order valence-electron chi connectivity index (χ1n) is 17.0. The van der Waals surface area contributed by atoms with E-state index < -0.39 is 0 Å². The largest absolute Gasteiger partial charge is 0.456 e. The van der Waals surface area contributed by atoms with Crippen LogP contribution in [0.2, 0.25) is 0 Å². The minimum absolute atomic E-state index is 0.152. The standard InChI is InChI=1S/C46H32N2O/c1-3-11-34(12-4-1)47(37-26-27-43-41(30-37)38-15-7-9-17-42(38)48(43)35-13-5-2-6-14-35)36-24-21-31(22-25-36)33-20-19-32-23-28-45-46(40(32)29-33)39-16-8-10-18-44(39)49-45/h1-25,27-30,37H,26H2. The maximum absolute atomic E-state index is 6.20. The number of aromatic nitrogens is 1. The summed E-state index contributed by atoms with van der Waals surface area (Å²) in [5, 5.41) is 8.61. The fourth-order valence-corrected chi connectivity index (χ4v) is 7.85. The molecule has 2 heterocycles. The Bertz CT molecular complexity index is 2790. The van der Waals surface area contributed by atoms with Crippen molar-refractivity contribution in [1.82, 2.24) is 4.57 Å². The van der Waals surface area contributed by atoms with Crippen LogP contribution >= 0.6 is 0 Å². The molecule has 0 saturated carbocycles. The summed E-state index contributed by atoms with van der Waals surface area (Å²) in [5.74, 6) is 0. The molecule has 0 spiro atoms. The maximum Gasteiger partial charge on any atom is 0.136 e. The fourth-order valence-electron chi connectivity index (χ4n) is 7.85. The summed E-state index contributed by atoms with van der Waals surface area (Å²) in [6, 6.07) is 58.8. The van der Waals surface area contributed by atoms with Gasteiger partial charge in [-0.15, -0.1) is 0 Å². The second-order valence-corrected chi connectivity index (χ2v) is 12.9. The monoisotopic (exact) mass is 628 g/mol. The van der Waals surface area contributed by atoms with Crippen LogP contribution in [0.25, 0.3) is 72.6 Å². The number of para-hydroxylation sites is 4. The Morgan fingerprint density at radius 1 is 0.551 bits per heavy atom. The Morgan fingerprint density at radius 2 is 1.22 bits per heavy atom. The summed E-state index contributed by atoms with van der Waals surface area (Å²) in [7, 11) is 0. The molecule has 232 valence electrons. The van der Waals surface area contributed by atoms with Crippen LogP contribution in [0.5, 0.6) is 0 Å². The summed E-state index contributed by atoms with van der Waals surface area (Å²) in [6.07, 6.45) is 5.79. The van der Waals surface area contributed by atoms with E-state index in [-0.39, 0.29) is 6.04 Å². The molecule has 0 N–H and O–H groups in total. The van der Waals surface area contributed by atoms with E-state index in [1.54, 1.807) is 0 Å². The maximum atomic E-state index is 6.20. The van der Waals surface area contributed by atoms with E-state index in [1.807, 2.05) is 12.1 Å². The molecule has 1 aliphatic carbocycles. The SMILES string of the molecule is C1=c2c(n(-c3ccccc3)c3ccccc23)=CCC1N(c1ccccc1)c1ccc(-c2ccc3ccc4oc5ccccc5c4c3c2)cc1. The summed E-state index contributed by atoms with van der Waals surface area (Å²) in [5.41, 5.74) is 9.01. The van der Waals surface area contributed by atoms with Crippen LogP contribution in [-0.2, 0) is 0 Å². The molecular weight excluding hydrogens is 597 g/mol. The van der Waals surface area contributed by atoms with Crippen LogP contribution in [-0.4, -0.2) is 10.6 Å². The summed E-state index contributed by atoms with van der Waals surface area (Å²) >= 11 is 0. The Balaban J connectivity index is 1.08. The molecule has 0 amide bonds. The van der Waals surface area contributed by atoms with Crippen LogP contribution < -0.4 is 15.5 Å². The summed E-state index contributed by atoms with van der Waals surface area (Å²) < 4.78 is 8.61. The third kappa shape index (κ3) is 4.51. The third-order valence-electron chi connectivity index (χ3n) is 10.1. The number of benzene rings is 7. The molecule has 3 heteroatoms. The highest BCUT2D eigenvalue weighted by Gasteiger charge is 2.22. The van der Waals surface area contributed by atoms with E-state index in [9.17, 15) is 0 Å². The van der Waals surface area contributed by atoms with Gasteiger partial charge in [-0.05, 0) is 89.0 Å². The van der Waals surface area contributed by atoms with E-state index in [4.69, 9.17) is 4.42 Å². The van der Waals surface area contributed by atoms with Gasteiger partial charge in [0.25, 0.3) is 0 Å². The lowest BCUT2D eigenvalue weighted by atomic mass is 9.97. The fraction of sp³-hybridized carbons (Fsp3) is 0.0435. The van der Waals surface area contributed by atoms with Gasteiger partial charge in [-0.25, -0.2) is 0 Å². The van der Waals surface area contributed by atoms with Crippen molar-refractivity contribution < 1.29 is 4.42 Å². The molecule has 1 unspecified atom stereocenters. The number of furan rings is 1. The Hall–Kier alpha value is -6.32. The van der Waals surface area contributed by atoms with Crippen molar-refractivity contribution in [2.24, 2.45) is 0 Å². The van der Waals surface area contributed by atoms with Crippen LogP contribution in [0, 0.1) is 0 Å². The van der Waals surface area contributed by atoms with Gasteiger partial charge in [0.1, 0.15) is 11.2 Å². The molecule has 0 saturated heterocycles. The van der Waals surface area contributed by atoms with Crippen molar-refractivity contribution in [2.45, 2.75) is 12.5 Å². The van der Waals surface area contributed by atoms with Crippen LogP contribution in [0.4, 0.5) is 11.4 Å². The molecule has 2 aromatic heterocycles. The van der Waals surface area contributed by atoms with Crippen molar-refractivity contribution in [3.63, 3.8) is 0 Å². The molecule has 10 rings (SSSR count). The lowest BCUT2D eigenvalue weighted by Crippen LogP contribution is -2.39. The zero-order chi connectivity index (χ0) is 32.3. The zero-order valence-electron chi connectivity index (χ0n) is 26.8. The number of rotatable bonds is 5. The molecule has 1 aliphatic rings. The van der Waals surface area contributed by atoms with E-state index >= 15 is 0 Å². The highest BCUT2D eigenvalue weighted by atomic mass is 16.3. The second kappa shape index (κ2) is 11.1. The molecule has 49 heavy (non-hydrogen) atoms. The van der Waals surface area contributed by atoms with Gasteiger partial charge in [-0.1, -0.05) is 115 Å². The number of hydrogen-bond acceptors (Lipinski definition) is 2. The van der Waals surface area contributed by atoms with Gasteiger partial charge < -0.3 is 13.9 Å². The summed E-state index contributed by atoms with van der Waals surface area (Å²) in [4.78, 5) is 2.49. The van der Waals surface area contributed by atoms with Crippen molar-refractivity contribution >= 4 is 67.1 Å². The second-order valence-electron chi connectivity index (χ2n) is 12.9. The molecule has 3 nitrogen and oxygen atoms in total. The number of hydrogen-bond donors (Lipinski definition) is 0. The average molecular weight is 629 g/mol. The quantitative estimate of drug-likeness (QED) is 0.189. The smallest absolute Gasteiger partial charge is 0.136 e. The van der Waals surface area contributed by atoms with Gasteiger partial charge in [0.2, 0.25) is 0 Å². The lowest BCUT2D eigenvalue weighted by Gasteiger charge is -2.32. The molecular formula is C46H32N2O. The Kier molecular flexibility index (Phi) is 6.31. The number of nitrogens with zero attached hydrogens (tertiary/aromatic N) is 2. The van der Waals surface area contributed by atoms with E-state index in [2.05, 4.69) is 173 Å². The Labute approximate surface area is 283 Å². The first-order chi connectivity index (χ1) is 24.3. The molecule has 0 fully saturated rings. The molecule has 1 atom stereocenters. The predicted molar refractivity (Wildman–Crippen MR) is 205 cm³/mol. The third-order valence-corrected chi connectivity index (χ3v) is 10.1. The van der Waals surface area contributed by atoms with Gasteiger partial charge in [-0.2, -0.15) is 0 Å². The average Bonchev–Trinajstić information content (AvgIpc) is 3.72.